The first-order valence-corrected chi connectivity index (χ1v) is 27.1. The number of aromatic nitrogens is 8. The molecule has 10 rings (SSSR count). The third-order valence-electron chi connectivity index (χ3n) is 14.0. The zero-order valence-electron chi connectivity index (χ0n) is 46.7. The molecule has 0 unspecified atom stereocenters. The minimum absolute atomic E-state index is 0.00797. The SMILES string of the molecule is CN1CCN(CCC(=O)NCc2cnc(-c3cccc(Cn4nc(-c5cc(F)c(F)c(F)c5)ccc4=O)c3)nc2)CC1.CN1CCN(CCC(=O)O)CC1.NCc1cnc(-c2cccc(Cn3nc(-c4cc(F)c(F)c(F)c4)ccc3=O)c2)nc1. The second-order valence-electron chi connectivity index (χ2n) is 20.3. The molecule has 0 radical (unpaired) electrons. The topological polar surface area (TPSA) is 227 Å². The molecule has 2 aliphatic rings. The van der Waals surface area contributed by atoms with E-state index in [0.29, 0.717) is 43.3 Å². The summed E-state index contributed by atoms with van der Waals surface area (Å²) in [5.41, 5.74) is 9.51. The summed E-state index contributed by atoms with van der Waals surface area (Å²) in [4.78, 5) is 73.8. The van der Waals surface area contributed by atoms with Gasteiger partial charge >= 0.3 is 5.97 Å². The number of halogens is 6. The number of nitrogens with zero attached hydrogens (tertiary/aromatic N) is 12. The lowest BCUT2D eigenvalue weighted by molar-refractivity contribution is -0.137. The van der Waals surface area contributed by atoms with Crippen LogP contribution in [0, 0.1) is 34.9 Å². The maximum atomic E-state index is 13.7. The van der Waals surface area contributed by atoms with Crippen LogP contribution in [0.5, 0.6) is 0 Å². The van der Waals surface area contributed by atoms with Gasteiger partial charge in [-0.1, -0.05) is 36.4 Å². The molecule has 19 nitrogen and oxygen atoms in total. The van der Waals surface area contributed by atoms with Crippen molar-refractivity contribution in [1.29, 1.82) is 0 Å². The fourth-order valence-corrected chi connectivity index (χ4v) is 8.95. The number of amides is 1. The van der Waals surface area contributed by atoms with Crippen molar-refractivity contribution in [2.45, 2.75) is 39.0 Å². The summed E-state index contributed by atoms with van der Waals surface area (Å²) in [6, 6.07) is 22.9. The second kappa shape index (κ2) is 29.6. The highest BCUT2D eigenvalue weighted by Gasteiger charge is 2.19. The number of carbonyl (C=O) groups excluding carboxylic acids is 1. The minimum atomic E-state index is -1.57. The van der Waals surface area contributed by atoms with Crippen LogP contribution in [0.4, 0.5) is 26.3 Å². The Balaban J connectivity index is 0.000000191. The van der Waals surface area contributed by atoms with Crippen LogP contribution in [0.1, 0.15) is 35.1 Å². The zero-order valence-corrected chi connectivity index (χ0v) is 46.7. The van der Waals surface area contributed by atoms with Gasteiger partial charge in [-0.2, -0.15) is 10.2 Å². The van der Waals surface area contributed by atoms with E-state index in [4.69, 9.17) is 10.8 Å². The summed E-state index contributed by atoms with van der Waals surface area (Å²) >= 11 is 0. The molecule has 2 aliphatic heterocycles. The number of likely N-dealkylation sites (N-methyl/N-ethyl adjacent to an activating group) is 2. The number of carboxylic acids is 1. The Hall–Kier alpha value is -8.88. The summed E-state index contributed by atoms with van der Waals surface area (Å²) in [7, 11) is 4.19. The molecule has 4 aromatic heterocycles. The van der Waals surface area contributed by atoms with E-state index in [0.717, 1.165) is 120 Å². The number of nitrogens with two attached hydrogens (primary N) is 1. The Morgan fingerprint density at radius 2 is 0.918 bits per heavy atom. The fourth-order valence-electron chi connectivity index (χ4n) is 8.95. The van der Waals surface area contributed by atoms with Gasteiger partial charge in [0, 0.05) is 155 Å². The highest BCUT2D eigenvalue weighted by Crippen LogP contribution is 2.24. The molecular formula is C60H62F6N14O5. The molecule has 85 heavy (non-hydrogen) atoms. The third kappa shape index (κ3) is 17.8. The van der Waals surface area contributed by atoms with Gasteiger partial charge in [0.1, 0.15) is 0 Å². The summed E-state index contributed by atoms with van der Waals surface area (Å²) in [6.07, 6.45) is 7.31. The van der Waals surface area contributed by atoms with E-state index in [2.05, 4.69) is 69.1 Å². The Morgan fingerprint density at radius 3 is 1.32 bits per heavy atom. The molecule has 2 fully saturated rings. The van der Waals surface area contributed by atoms with Crippen LogP contribution in [0.3, 0.4) is 0 Å². The predicted octanol–water partition coefficient (Wildman–Crippen LogP) is 6.09. The quantitative estimate of drug-likeness (QED) is 0.0693. The van der Waals surface area contributed by atoms with Crippen molar-refractivity contribution in [1.82, 2.24) is 64.4 Å². The average Bonchev–Trinajstić information content (AvgIpc) is 3.53. The molecule has 8 aromatic rings. The van der Waals surface area contributed by atoms with E-state index in [1.807, 2.05) is 24.3 Å². The Bertz CT molecular complexity index is 3660. The van der Waals surface area contributed by atoms with Gasteiger partial charge in [-0.25, -0.2) is 55.6 Å². The average molecular weight is 1170 g/mol. The number of hydrogen-bond acceptors (Lipinski definition) is 15. The van der Waals surface area contributed by atoms with Crippen LogP contribution < -0.4 is 22.2 Å². The summed E-state index contributed by atoms with van der Waals surface area (Å²) in [5.74, 6) is -8.22. The summed E-state index contributed by atoms with van der Waals surface area (Å²) in [6.45, 7) is 10.4. The third-order valence-corrected chi connectivity index (χ3v) is 14.0. The zero-order chi connectivity index (χ0) is 60.6. The van der Waals surface area contributed by atoms with Gasteiger partial charge in [-0.05, 0) is 73.8 Å². The van der Waals surface area contributed by atoms with E-state index in [-0.39, 0.29) is 47.9 Å². The molecule has 2 saturated heterocycles. The number of piperazine rings is 2. The first kappa shape index (κ1) is 62.2. The van der Waals surface area contributed by atoms with Crippen LogP contribution >= 0.6 is 0 Å². The number of hydrogen-bond donors (Lipinski definition) is 3. The van der Waals surface area contributed by atoms with Crippen molar-refractivity contribution in [3.63, 3.8) is 0 Å². The standard InChI is InChI=1S/C30H30F3N7O2.C22H16F3N5O.C8H16N2O2/c1-38-9-11-39(12-10-38)8-7-27(41)34-16-21-17-35-30(36-18-21)22-4-2-3-20(13-22)19-40-28(42)6-5-26(37-40)23-14-24(31)29(33)25(32)15-23;23-17-7-16(8-18(24)21(17)25)19-4-5-20(31)30(29-19)12-13-2-1-3-15(6-13)22-27-10-14(9-26)11-28-22;1-9-4-6-10(7-5-9)3-2-8(11)12/h2-6,13-15,17-18H,7-12,16,19H2,1H3,(H,34,41);1-8,10-11H,9,12,26H2;2-7H2,1H3,(H,11,12). The van der Waals surface area contributed by atoms with E-state index in [9.17, 15) is 45.5 Å². The van der Waals surface area contributed by atoms with Gasteiger partial charge in [0.05, 0.1) is 30.9 Å². The van der Waals surface area contributed by atoms with Gasteiger partial charge in [-0.3, -0.25) is 19.2 Å². The van der Waals surface area contributed by atoms with Crippen LogP contribution in [0.25, 0.3) is 45.3 Å². The van der Waals surface area contributed by atoms with Crippen molar-refractivity contribution in [3.8, 4) is 45.3 Å². The molecule has 444 valence electrons. The number of carbonyl (C=O) groups is 2. The molecule has 4 aromatic carbocycles. The first-order valence-electron chi connectivity index (χ1n) is 27.1. The first-order chi connectivity index (χ1) is 40.9. The predicted molar refractivity (Wildman–Crippen MR) is 305 cm³/mol. The van der Waals surface area contributed by atoms with E-state index in [1.165, 1.54) is 24.3 Å². The van der Waals surface area contributed by atoms with E-state index in [1.54, 1.807) is 49.1 Å². The molecule has 1 amide bonds. The molecule has 0 aliphatic carbocycles. The van der Waals surface area contributed by atoms with Crippen molar-refractivity contribution in [2.75, 3.05) is 79.5 Å². The Morgan fingerprint density at radius 1 is 0.518 bits per heavy atom. The van der Waals surface area contributed by atoms with Crippen LogP contribution in [0.15, 0.2) is 131 Å². The molecule has 6 heterocycles. The van der Waals surface area contributed by atoms with Crippen LogP contribution in [-0.4, -0.2) is 156 Å². The van der Waals surface area contributed by atoms with Gasteiger partial charge < -0.3 is 35.8 Å². The number of carboxylic acid groups (broad SMARTS) is 1. The van der Waals surface area contributed by atoms with Gasteiger partial charge in [0.2, 0.25) is 5.91 Å². The molecule has 0 atom stereocenters. The smallest absolute Gasteiger partial charge is 0.304 e. The van der Waals surface area contributed by atoms with Crippen molar-refractivity contribution >= 4 is 11.9 Å². The molecule has 4 N–H and O–H groups in total. The number of benzene rings is 4. The molecule has 25 heteroatoms. The maximum Gasteiger partial charge on any atom is 0.304 e. The lowest BCUT2D eigenvalue weighted by atomic mass is 10.1. The normalized spacial score (nSPS) is 14.0. The summed E-state index contributed by atoms with van der Waals surface area (Å²) in [5, 5.41) is 19.8. The highest BCUT2D eigenvalue weighted by molar-refractivity contribution is 5.76. The maximum absolute atomic E-state index is 13.7. The number of aliphatic carboxylic acids is 1. The van der Waals surface area contributed by atoms with Crippen molar-refractivity contribution in [3.05, 3.63) is 200 Å². The lowest BCUT2D eigenvalue weighted by Gasteiger charge is -2.32. The largest absolute Gasteiger partial charge is 0.481 e. The molecular weight excluding hydrogens is 1110 g/mol. The molecule has 0 saturated carbocycles. The van der Waals surface area contributed by atoms with Crippen LogP contribution in [0.2, 0.25) is 0 Å². The van der Waals surface area contributed by atoms with Gasteiger partial charge in [0.25, 0.3) is 11.1 Å². The molecule has 0 bridgehead atoms. The van der Waals surface area contributed by atoms with Crippen molar-refractivity contribution < 1.29 is 41.0 Å². The van der Waals surface area contributed by atoms with Gasteiger partial charge in [0.15, 0.2) is 46.6 Å². The summed E-state index contributed by atoms with van der Waals surface area (Å²) < 4.78 is 83.5. The Kier molecular flexibility index (Phi) is 21.6. The lowest BCUT2D eigenvalue weighted by Crippen LogP contribution is -2.45. The number of rotatable bonds is 17. The monoisotopic (exact) mass is 1170 g/mol. The Labute approximate surface area is 485 Å². The van der Waals surface area contributed by atoms with Gasteiger partial charge in [-0.15, -0.1) is 0 Å². The van der Waals surface area contributed by atoms with E-state index < -0.39 is 52.0 Å². The fraction of sp³-hybridized carbons (Fsp3) is 0.300. The second-order valence-corrected chi connectivity index (χ2v) is 20.3. The molecule has 0 spiro atoms. The minimum Gasteiger partial charge on any atom is -0.481 e. The van der Waals surface area contributed by atoms with Crippen LogP contribution in [-0.2, 0) is 35.8 Å². The highest BCUT2D eigenvalue weighted by atomic mass is 19.2. The van der Waals surface area contributed by atoms with Crippen molar-refractivity contribution in [2.24, 2.45) is 5.73 Å². The number of nitrogens with one attached hydrogen (secondary N) is 1. The van der Waals surface area contributed by atoms with E-state index >= 15 is 0 Å².